The molecule has 7 nitrogen and oxygen atoms in total. The standard InChI is InChI=1S/C22H22N4O3S2/c1-2-26-21(29)17-7-4-3-6-16(17)18(25-26)20(28)24-23-19(27)14-8-10-15(11-9-14)22-30-12-5-13-31-22/h3-4,6-11,22H,2,5,12-13H2,1H3,(H,23,27)(H,24,28). The lowest BCUT2D eigenvalue weighted by molar-refractivity contribution is 0.0843. The molecule has 1 aliphatic rings. The highest BCUT2D eigenvalue weighted by Gasteiger charge is 2.19. The molecule has 0 bridgehead atoms. The van der Waals surface area contributed by atoms with Crippen LogP contribution in [0.25, 0.3) is 10.8 Å². The lowest BCUT2D eigenvalue weighted by Gasteiger charge is -2.21. The minimum atomic E-state index is -0.585. The first-order chi connectivity index (χ1) is 15.1. The Labute approximate surface area is 188 Å². The first-order valence-corrected chi connectivity index (χ1v) is 12.1. The van der Waals surface area contributed by atoms with E-state index >= 15 is 0 Å². The van der Waals surface area contributed by atoms with Gasteiger partial charge in [0.05, 0.1) is 9.97 Å². The Hall–Kier alpha value is -2.78. The van der Waals surface area contributed by atoms with Crippen molar-refractivity contribution in [3.05, 3.63) is 75.7 Å². The van der Waals surface area contributed by atoms with Gasteiger partial charge in [-0.2, -0.15) is 5.10 Å². The molecule has 1 aliphatic heterocycles. The third kappa shape index (κ3) is 4.62. The molecular formula is C22H22N4O3S2. The number of hydrogen-bond donors (Lipinski definition) is 2. The monoisotopic (exact) mass is 454 g/mol. The number of fused-ring (bicyclic) bond motifs is 1. The zero-order valence-corrected chi connectivity index (χ0v) is 18.6. The average Bonchev–Trinajstić information content (AvgIpc) is 2.83. The van der Waals surface area contributed by atoms with E-state index in [1.807, 2.05) is 35.7 Å². The highest BCUT2D eigenvalue weighted by molar-refractivity contribution is 8.16. The Bertz CT molecular complexity index is 1170. The molecule has 0 unspecified atom stereocenters. The number of aromatic nitrogens is 2. The highest BCUT2D eigenvalue weighted by atomic mass is 32.2. The minimum Gasteiger partial charge on any atom is -0.267 e. The van der Waals surface area contributed by atoms with Crippen molar-refractivity contribution in [2.24, 2.45) is 0 Å². The number of carbonyl (C=O) groups excluding carboxylic acids is 2. The number of thioether (sulfide) groups is 2. The Balaban J connectivity index is 1.47. The summed E-state index contributed by atoms with van der Waals surface area (Å²) in [6, 6.07) is 14.2. The molecule has 4 rings (SSSR count). The lowest BCUT2D eigenvalue weighted by Crippen LogP contribution is -2.42. The number of carbonyl (C=O) groups is 2. The van der Waals surface area contributed by atoms with Gasteiger partial charge in [-0.15, -0.1) is 23.5 Å². The highest BCUT2D eigenvalue weighted by Crippen LogP contribution is 2.43. The third-order valence-electron chi connectivity index (χ3n) is 4.94. The molecule has 9 heteroatoms. The fourth-order valence-electron chi connectivity index (χ4n) is 3.33. The van der Waals surface area contributed by atoms with Crippen LogP contribution in [0.4, 0.5) is 0 Å². The molecule has 0 aliphatic carbocycles. The molecule has 1 saturated heterocycles. The molecule has 0 spiro atoms. The Morgan fingerprint density at radius 2 is 1.65 bits per heavy atom. The third-order valence-corrected chi connectivity index (χ3v) is 7.96. The van der Waals surface area contributed by atoms with Crippen molar-refractivity contribution in [1.29, 1.82) is 0 Å². The number of hydrogen-bond acceptors (Lipinski definition) is 6. The molecule has 160 valence electrons. The maximum absolute atomic E-state index is 12.7. The summed E-state index contributed by atoms with van der Waals surface area (Å²) in [7, 11) is 0. The maximum Gasteiger partial charge on any atom is 0.290 e. The lowest BCUT2D eigenvalue weighted by atomic mass is 10.1. The van der Waals surface area contributed by atoms with Crippen LogP contribution < -0.4 is 16.4 Å². The fraction of sp³-hybridized carbons (Fsp3) is 0.273. The van der Waals surface area contributed by atoms with Gasteiger partial charge in [-0.05, 0) is 48.6 Å². The van der Waals surface area contributed by atoms with Crippen LogP contribution in [0.15, 0.2) is 53.3 Å². The normalized spacial score (nSPS) is 14.4. The van der Waals surface area contributed by atoms with Gasteiger partial charge in [0.25, 0.3) is 17.4 Å². The number of benzene rings is 2. The fourth-order valence-corrected chi connectivity index (χ4v) is 6.23. The molecule has 0 radical (unpaired) electrons. The van der Waals surface area contributed by atoms with Crippen molar-refractivity contribution in [3.63, 3.8) is 0 Å². The molecule has 2 N–H and O–H groups in total. The summed E-state index contributed by atoms with van der Waals surface area (Å²) < 4.78 is 1.64. The summed E-state index contributed by atoms with van der Waals surface area (Å²) in [5.41, 5.74) is 6.31. The minimum absolute atomic E-state index is 0.0825. The van der Waals surface area contributed by atoms with Crippen LogP contribution in [0.2, 0.25) is 0 Å². The van der Waals surface area contributed by atoms with E-state index in [1.54, 1.807) is 43.3 Å². The van der Waals surface area contributed by atoms with Crippen LogP contribution in [0.5, 0.6) is 0 Å². The van der Waals surface area contributed by atoms with Crippen molar-refractivity contribution in [2.75, 3.05) is 11.5 Å². The topological polar surface area (TPSA) is 93.1 Å². The second kappa shape index (κ2) is 9.57. The first-order valence-electron chi connectivity index (χ1n) is 10.0. The number of nitrogens with zero attached hydrogens (tertiary/aromatic N) is 2. The zero-order valence-electron chi connectivity index (χ0n) is 17.0. The van der Waals surface area contributed by atoms with E-state index in [9.17, 15) is 14.4 Å². The zero-order chi connectivity index (χ0) is 21.8. The molecule has 0 saturated carbocycles. The van der Waals surface area contributed by atoms with Crippen molar-refractivity contribution >= 4 is 46.1 Å². The largest absolute Gasteiger partial charge is 0.290 e. The quantitative estimate of drug-likeness (QED) is 0.587. The predicted octanol–water partition coefficient (Wildman–Crippen LogP) is 3.36. The summed E-state index contributed by atoms with van der Waals surface area (Å²) in [5, 5.41) is 5.02. The van der Waals surface area contributed by atoms with Crippen molar-refractivity contribution < 1.29 is 9.59 Å². The number of amides is 2. The predicted molar refractivity (Wildman–Crippen MR) is 125 cm³/mol. The molecule has 1 aromatic heterocycles. The van der Waals surface area contributed by atoms with Gasteiger partial charge in [0.2, 0.25) is 0 Å². The molecule has 2 aromatic carbocycles. The molecule has 3 aromatic rings. The van der Waals surface area contributed by atoms with Gasteiger partial charge in [0.15, 0.2) is 5.69 Å². The Morgan fingerprint density at radius 1 is 1.00 bits per heavy atom. The van der Waals surface area contributed by atoms with Gasteiger partial charge in [-0.3, -0.25) is 25.2 Å². The van der Waals surface area contributed by atoms with E-state index in [4.69, 9.17) is 0 Å². The van der Waals surface area contributed by atoms with E-state index in [2.05, 4.69) is 16.0 Å². The van der Waals surface area contributed by atoms with Crippen LogP contribution in [0, 0.1) is 0 Å². The van der Waals surface area contributed by atoms with Crippen LogP contribution in [-0.2, 0) is 6.54 Å². The van der Waals surface area contributed by atoms with Crippen molar-refractivity contribution in [3.8, 4) is 0 Å². The summed E-state index contributed by atoms with van der Waals surface area (Å²) in [6.45, 7) is 2.11. The molecule has 2 heterocycles. The van der Waals surface area contributed by atoms with Crippen molar-refractivity contribution in [2.45, 2.75) is 24.5 Å². The maximum atomic E-state index is 12.7. The summed E-state index contributed by atoms with van der Waals surface area (Å²) >= 11 is 3.84. The van der Waals surface area contributed by atoms with Gasteiger partial charge in [-0.1, -0.05) is 30.3 Å². The van der Waals surface area contributed by atoms with Crippen LogP contribution in [0.1, 0.15) is 44.3 Å². The molecular weight excluding hydrogens is 432 g/mol. The molecule has 1 fully saturated rings. The summed E-state index contributed by atoms with van der Waals surface area (Å²) in [4.78, 5) is 37.6. The Morgan fingerprint density at radius 3 is 2.32 bits per heavy atom. The van der Waals surface area contributed by atoms with Crippen LogP contribution in [-0.4, -0.2) is 33.1 Å². The first kappa shape index (κ1) is 21.5. The number of hydrazine groups is 1. The molecule has 2 amide bonds. The van der Waals surface area contributed by atoms with Crippen molar-refractivity contribution in [1.82, 2.24) is 20.6 Å². The second-order valence-electron chi connectivity index (χ2n) is 6.97. The molecule has 0 atom stereocenters. The van der Waals surface area contributed by atoms with Gasteiger partial charge >= 0.3 is 0 Å². The molecule has 31 heavy (non-hydrogen) atoms. The SMILES string of the molecule is CCn1nc(C(=O)NNC(=O)c2ccc(C3SCCCS3)cc2)c2ccccc2c1=O. The number of rotatable bonds is 4. The van der Waals surface area contributed by atoms with E-state index in [0.717, 1.165) is 11.5 Å². The van der Waals surface area contributed by atoms with Gasteiger partial charge in [-0.25, -0.2) is 4.68 Å². The number of aryl methyl sites for hydroxylation is 1. The van der Waals surface area contributed by atoms with Crippen LogP contribution >= 0.6 is 23.5 Å². The van der Waals surface area contributed by atoms with Gasteiger partial charge in [0, 0.05) is 17.5 Å². The summed E-state index contributed by atoms with van der Waals surface area (Å²) in [6.07, 6.45) is 1.23. The second-order valence-corrected chi connectivity index (χ2v) is 9.70. The Kier molecular flexibility index (Phi) is 6.62. The van der Waals surface area contributed by atoms with E-state index in [-0.39, 0.29) is 11.3 Å². The van der Waals surface area contributed by atoms with Crippen LogP contribution in [0.3, 0.4) is 0 Å². The van der Waals surface area contributed by atoms with E-state index in [1.165, 1.54) is 16.7 Å². The van der Waals surface area contributed by atoms with Gasteiger partial charge in [0.1, 0.15) is 0 Å². The van der Waals surface area contributed by atoms with Gasteiger partial charge < -0.3 is 0 Å². The number of nitrogens with one attached hydrogen (secondary N) is 2. The summed E-state index contributed by atoms with van der Waals surface area (Å²) in [5.74, 6) is 1.30. The van der Waals surface area contributed by atoms with E-state index in [0.29, 0.717) is 27.5 Å². The smallest absolute Gasteiger partial charge is 0.267 e. The van der Waals surface area contributed by atoms with E-state index < -0.39 is 11.8 Å². The average molecular weight is 455 g/mol.